The molecule has 0 saturated carbocycles. The summed E-state index contributed by atoms with van der Waals surface area (Å²) >= 11 is 3.44. The average Bonchev–Trinajstić information content (AvgIpc) is 2.57. The normalized spacial score (nSPS) is 10.9. The van der Waals surface area contributed by atoms with E-state index in [2.05, 4.69) is 52.9 Å². The van der Waals surface area contributed by atoms with E-state index in [9.17, 15) is 0 Å². The third kappa shape index (κ3) is 2.14. The molecule has 17 heavy (non-hydrogen) atoms. The molecule has 0 bridgehead atoms. The van der Waals surface area contributed by atoms with Crippen LogP contribution in [0.5, 0.6) is 0 Å². The summed E-state index contributed by atoms with van der Waals surface area (Å²) in [6.45, 7) is 8.27. The van der Waals surface area contributed by atoms with Gasteiger partial charge in [0.25, 0.3) is 0 Å². The maximum atomic E-state index is 4.54. The van der Waals surface area contributed by atoms with Gasteiger partial charge in [-0.2, -0.15) is 5.10 Å². The van der Waals surface area contributed by atoms with Crippen molar-refractivity contribution in [3.63, 3.8) is 0 Å². The van der Waals surface area contributed by atoms with Crippen LogP contribution in [-0.2, 0) is 5.33 Å². The van der Waals surface area contributed by atoms with E-state index in [1.54, 1.807) is 0 Å². The zero-order chi connectivity index (χ0) is 12.6. The van der Waals surface area contributed by atoms with E-state index in [4.69, 9.17) is 0 Å². The van der Waals surface area contributed by atoms with E-state index in [1.807, 2.05) is 17.8 Å². The Morgan fingerprint density at radius 1 is 1.24 bits per heavy atom. The van der Waals surface area contributed by atoms with E-state index in [0.717, 1.165) is 28.1 Å². The van der Waals surface area contributed by atoms with Gasteiger partial charge >= 0.3 is 0 Å². The minimum absolute atomic E-state index is 0.831. The molecule has 0 aliphatic rings. The average molecular weight is 294 g/mol. The van der Waals surface area contributed by atoms with Crippen LogP contribution in [0.15, 0.2) is 12.3 Å². The molecule has 0 radical (unpaired) electrons. The highest BCUT2D eigenvalue weighted by atomic mass is 79.9. The minimum Gasteiger partial charge on any atom is -0.237 e. The summed E-state index contributed by atoms with van der Waals surface area (Å²) in [5, 5.41) is 5.37. The van der Waals surface area contributed by atoms with Gasteiger partial charge in [-0.3, -0.25) is 0 Å². The molecule has 2 aromatic rings. The van der Waals surface area contributed by atoms with E-state index in [1.165, 1.54) is 11.1 Å². The number of aromatic nitrogens is 3. The second-order valence-electron chi connectivity index (χ2n) is 4.33. The van der Waals surface area contributed by atoms with Crippen LogP contribution in [0.1, 0.15) is 28.1 Å². The lowest BCUT2D eigenvalue weighted by atomic mass is 10.2. The molecule has 0 amide bonds. The zero-order valence-corrected chi connectivity index (χ0v) is 12.2. The van der Waals surface area contributed by atoms with E-state index in [0.29, 0.717) is 0 Å². The summed E-state index contributed by atoms with van der Waals surface area (Å²) in [6.07, 6.45) is 1.89. The van der Waals surface area contributed by atoms with E-state index in [-0.39, 0.29) is 0 Å². The van der Waals surface area contributed by atoms with Crippen LogP contribution in [0, 0.1) is 27.7 Å². The zero-order valence-electron chi connectivity index (χ0n) is 10.6. The summed E-state index contributed by atoms with van der Waals surface area (Å²) in [4.78, 5) is 4.51. The van der Waals surface area contributed by atoms with Crippen molar-refractivity contribution in [2.45, 2.75) is 33.0 Å². The Labute approximate surface area is 110 Å². The number of aryl methyl sites for hydroxylation is 2. The Balaban J connectivity index is 2.57. The number of hydrogen-bond donors (Lipinski definition) is 0. The smallest absolute Gasteiger partial charge is 0.156 e. The highest BCUT2D eigenvalue weighted by Crippen LogP contribution is 2.19. The van der Waals surface area contributed by atoms with Crippen molar-refractivity contribution in [1.29, 1.82) is 0 Å². The maximum Gasteiger partial charge on any atom is 0.156 e. The third-order valence-electron chi connectivity index (χ3n) is 3.12. The third-order valence-corrected chi connectivity index (χ3v) is 3.76. The first-order chi connectivity index (χ1) is 8.04. The number of halogens is 1. The predicted octanol–water partition coefficient (Wildman–Crippen LogP) is 3.40. The van der Waals surface area contributed by atoms with Gasteiger partial charge in [0, 0.05) is 17.2 Å². The standard InChI is InChI=1S/C13H16BrN3/c1-8-5-12(6-14)7-15-13(8)17-11(4)9(2)10(3)16-17/h5,7H,6H2,1-4H3. The predicted molar refractivity (Wildman–Crippen MR) is 72.9 cm³/mol. The topological polar surface area (TPSA) is 30.7 Å². The molecule has 2 heterocycles. The fourth-order valence-electron chi connectivity index (χ4n) is 1.85. The van der Waals surface area contributed by atoms with Gasteiger partial charge in [-0.25, -0.2) is 9.67 Å². The quantitative estimate of drug-likeness (QED) is 0.795. The first-order valence-electron chi connectivity index (χ1n) is 5.59. The lowest BCUT2D eigenvalue weighted by molar-refractivity contribution is 0.797. The molecular weight excluding hydrogens is 278 g/mol. The fraction of sp³-hybridized carbons (Fsp3) is 0.385. The second kappa shape index (κ2) is 4.61. The monoisotopic (exact) mass is 293 g/mol. The van der Waals surface area contributed by atoms with Gasteiger partial charge in [-0.1, -0.05) is 15.9 Å². The van der Waals surface area contributed by atoms with E-state index >= 15 is 0 Å². The van der Waals surface area contributed by atoms with Gasteiger partial charge in [-0.15, -0.1) is 0 Å². The van der Waals surface area contributed by atoms with Crippen molar-refractivity contribution in [1.82, 2.24) is 14.8 Å². The summed E-state index contributed by atoms with van der Waals surface area (Å²) < 4.78 is 1.93. The van der Waals surface area contributed by atoms with Crippen LogP contribution in [0.2, 0.25) is 0 Å². The van der Waals surface area contributed by atoms with Crippen molar-refractivity contribution < 1.29 is 0 Å². The number of pyridine rings is 1. The van der Waals surface area contributed by atoms with Gasteiger partial charge in [0.1, 0.15) is 0 Å². The first kappa shape index (κ1) is 12.3. The van der Waals surface area contributed by atoms with Gasteiger partial charge in [0.15, 0.2) is 5.82 Å². The SMILES string of the molecule is Cc1cc(CBr)cnc1-n1nc(C)c(C)c1C. The second-order valence-corrected chi connectivity index (χ2v) is 4.89. The molecule has 2 rings (SSSR count). The van der Waals surface area contributed by atoms with Crippen molar-refractivity contribution >= 4 is 15.9 Å². The molecule has 0 N–H and O–H groups in total. The molecule has 0 saturated heterocycles. The summed E-state index contributed by atoms with van der Waals surface area (Å²) in [5.41, 5.74) is 5.78. The minimum atomic E-state index is 0.831. The first-order valence-corrected chi connectivity index (χ1v) is 6.71. The van der Waals surface area contributed by atoms with Gasteiger partial charge in [-0.05, 0) is 50.5 Å². The van der Waals surface area contributed by atoms with Crippen molar-refractivity contribution in [2.24, 2.45) is 0 Å². The van der Waals surface area contributed by atoms with E-state index < -0.39 is 0 Å². The van der Waals surface area contributed by atoms with Gasteiger partial charge < -0.3 is 0 Å². The summed E-state index contributed by atoms with van der Waals surface area (Å²) in [5.74, 6) is 0.920. The van der Waals surface area contributed by atoms with Gasteiger partial charge in [0.2, 0.25) is 0 Å². The number of rotatable bonds is 2. The molecule has 3 nitrogen and oxygen atoms in total. The Hall–Kier alpha value is -1.16. The highest BCUT2D eigenvalue weighted by Gasteiger charge is 2.11. The van der Waals surface area contributed by atoms with Crippen molar-refractivity contribution in [3.05, 3.63) is 40.3 Å². The summed E-state index contributed by atoms with van der Waals surface area (Å²) in [6, 6.07) is 2.14. The van der Waals surface area contributed by atoms with Crippen LogP contribution >= 0.6 is 15.9 Å². The molecule has 0 aliphatic carbocycles. The Kier molecular flexibility index (Phi) is 3.33. The van der Waals surface area contributed by atoms with Crippen molar-refractivity contribution in [3.8, 4) is 5.82 Å². The van der Waals surface area contributed by atoms with Crippen LogP contribution in [0.3, 0.4) is 0 Å². The molecule has 2 aromatic heterocycles. The molecule has 4 heteroatoms. The van der Waals surface area contributed by atoms with Crippen molar-refractivity contribution in [2.75, 3.05) is 0 Å². The largest absolute Gasteiger partial charge is 0.237 e. The highest BCUT2D eigenvalue weighted by molar-refractivity contribution is 9.08. The van der Waals surface area contributed by atoms with Gasteiger partial charge in [0.05, 0.1) is 5.69 Å². The lowest BCUT2D eigenvalue weighted by Gasteiger charge is -2.08. The molecule has 0 atom stereocenters. The Bertz CT molecular complexity index is 558. The molecule has 0 unspecified atom stereocenters. The molecular formula is C13H16BrN3. The maximum absolute atomic E-state index is 4.54. The number of hydrogen-bond acceptors (Lipinski definition) is 2. The molecule has 0 spiro atoms. The van der Waals surface area contributed by atoms with Crippen LogP contribution in [-0.4, -0.2) is 14.8 Å². The molecule has 0 aromatic carbocycles. The Morgan fingerprint density at radius 2 is 1.94 bits per heavy atom. The van der Waals surface area contributed by atoms with Crippen LogP contribution < -0.4 is 0 Å². The number of alkyl halides is 1. The van der Waals surface area contributed by atoms with Crippen LogP contribution in [0.4, 0.5) is 0 Å². The molecule has 0 fully saturated rings. The molecule has 0 aliphatic heterocycles. The van der Waals surface area contributed by atoms with Crippen LogP contribution in [0.25, 0.3) is 5.82 Å². The lowest BCUT2D eigenvalue weighted by Crippen LogP contribution is -2.05. The fourth-order valence-corrected chi connectivity index (χ4v) is 2.15. The molecule has 90 valence electrons. The number of nitrogens with zero attached hydrogens (tertiary/aromatic N) is 3. The summed E-state index contributed by atoms with van der Waals surface area (Å²) in [7, 11) is 0. The Morgan fingerprint density at radius 3 is 2.41 bits per heavy atom.